The van der Waals surface area contributed by atoms with Crippen LogP contribution in [0, 0.1) is 5.41 Å². The molecule has 3 aromatic carbocycles. The fourth-order valence-electron chi connectivity index (χ4n) is 3.24. The molecule has 3 aromatic rings. The molecule has 4 rings (SSSR count). The highest BCUT2D eigenvalue weighted by molar-refractivity contribution is 7.97. The van der Waals surface area contributed by atoms with Gasteiger partial charge in [-0.25, -0.2) is 0 Å². The van der Waals surface area contributed by atoms with Crippen LogP contribution < -0.4 is 4.90 Å². The van der Waals surface area contributed by atoms with Gasteiger partial charge in [-0.2, -0.15) is 0 Å². The normalized spacial score (nSPS) is 13.9. The van der Waals surface area contributed by atoms with Crippen LogP contribution in [0.1, 0.15) is 20.8 Å². The Morgan fingerprint density at radius 2 is 1.19 bits per heavy atom. The quantitative estimate of drug-likeness (QED) is 0.502. The molecule has 0 aliphatic carbocycles. The summed E-state index contributed by atoms with van der Waals surface area (Å²) in [6.07, 6.45) is 0. The summed E-state index contributed by atoms with van der Waals surface area (Å²) in [5.41, 5.74) is 1.54. The van der Waals surface area contributed by atoms with Crippen molar-refractivity contribution in [3.8, 4) is 0 Å². The summed E-state index contributed by atoms with van der Waals surface area (Å²) in [4.78, 5) is 18.9. The van der Waals surface area contributed by atoms with Gasteiger partial charge in [0.2, 0.25) is 5.91 Å². The Balaban J connectivity index is 1.99. The minimum atomic E-state index is -0.455. The van der Waals surface area contributed by atoms with Gasteiger partial charge in [0.25, 0.3) is 0 Å². The minimum absolute atomic E-state index is 0.119. The lowest BCUT2D eigenvalue weighted by Gasteiger charge is -2.34. The first-order chi connectivity index (χ1) is 12.5. The molecule has 0 N–H and O–H groups in total. The number of fused-ring (bicyclic) bond motifs is 2. The van der Waals surface area contributed by atoms with Crippen molar-refractivity contribution in [1.82, 2.24) is 0 Å². The Bertz CT molecular complexity index is 912. The van der Waals surface area contributed by atoms with E-state index in [1.807, 2.05) is 43.9 Å². The lowest BCUT2D eigenvalue weighted by Crippen LogP contribution is -2.39. The van der Waals surface area contributed by atoms with Crippen LogP contribution in [0.15, 0.2) is 93.5 Å². The van der Waals surface area contributed by atoms with Crippen LogP contribution in [0.4, 0.5) is 11.4 Å². The van der Waals surface area contributed by atoms with Crippen molar-refractivity contribution in [2.45, 2.75) is 35.5 Å². The van der Waals surface area contributed by atoms with Crippen LogP contribution in [0.3, 0.4) is 0 Å². The van der Waals surface area contributed by atoms with Gasteiger partial charge < -0.3 is 0 Å². The zero-order valence-electron chi connectivity index (χ0n) is 15.3. The average Bonchev–Trinajstić information content (AvgIpc) is 2.65. The molecule has 1 aliphatic heterocycles. The second-order valence-electron chi connectivity index (χ2n) is 7.45. The van der Waals surface area contributed by atoms with Gasteiger partial charge in [0.15, 0.2) is 14.7 Å². The largest absolute Gasteiger partial charge is 0.274 e. The second kappa shape index (κ2) is 6.33. The standard InChI is InChI=1S/C23H22NOS/c1-23(2,3)22(25)24-18-13-7-9-15-20(18)26(17-11-5-4-6-12-17)21-16-10-8-14-19(21)24/h4-16H,1-3H3/q+1. The predicted octanol–water partition coefficient (Wildman–Crippen LogP) is 5.81. The molecule has 0 unspecified atom stereocenters. The summed E-state index contributed by atoms with van der Waals surface area (Å²) in [5.74, 6) is 0.119. The third kappa shape index (κ3) is 2.73. The minimum Gasteiger partial charge on any atom is -0.274 e. The van der Waals surface area contributed by atoms with E-state index < -0.39 is 5.41 Å². The van der Waals surface area contributed by atoms with Crippen LogP contribution in [-0.2, 0) is 15.7 Å². The molecule has 0 radical (unpaired) electrons. The molecule has 130 valence electrons. The van der Waals surface area contributed by atoms with Crippen LogP contribution in [0.25, 0.3) is 0 Å². The molecule has 0 spiro atoms. The first kappa shape index (κ1) is 16.9. The van der Waals surface area contributed by atoms with Crippen molar-refractivity contribution in [2.24, 2.45) is 5.41 Å². The number of anilines is 2. The Morgan fingerprint density at radius 1 is 0.731 bits per heavy atom. The summed E-state index contributed by atoms with van der Waals surface area (Å²) in [6.45, 7) is 5.93. The smallest absolute Gasteiger partial charge is 0.237 e. The van der Waals surface area contributed by atoms with E-state index in [0.717, 1.165) is 11.4 Å². The number of para-hydroxylation sites is 2. The summed E-state index contributed by atoms with van der Waals surface area (Å²) in [7, 11) is -0.216. The molecule has 3 heteroatoms. The van der Waals surface area contributed by atoms with Gasteiger partial charge in [0.05, 0.1) is 0 Å². The van der Waals surface area contributed by atoms with E-state index in [1.165, 1.54) is 14.7 Å². The van der Waals surface area contributed by atoms with E-state index in [1.54, 1.807) is 0 Å². The van der Waals surface area contributed by atoms with Crippen LogP contribution in [-0.4, -0.2) is 5.91 Å². The van der Waals surface area contributed by atoms with Crippen LogP contribution in [0.2, 0.25) is 0 Å². The number of carbonyl (C=O) groups is 1. The number of rotatable bonds is 1. The third-order valence-corrected chi connectivity index (χ3v) is 6.79. The fraction of sp³-hybridized carbons (Fsp3) is 0.174. The first-order valence-electron chi connectivity index (χ1n) is 8.80. The van der Waals surface area contributed by atoms with Gasteiger partial charge in [-0.1, -0.05) is 63.2 Å². The first-order valence-corrected chi connectivity index (χ1v) is 10.0. The number of hydrogen-bond acceptors (Lipinski definition) is 1. The monoisotopic (exact) mass is 360 g/mol. The lowest BCUT2D eigenvalue weighted by atomic mass is 9.94. The van der Waals surface area contributed by atoms with Gasteiger partial charge in [-0.15, -0.1) is 0 Å². The maximum Gasteiger partial charge on any atom is 0.237 e. The molecule has 0 saturated carbocycles. The second-order valence-corrected chi connectivity index (χ2v) is 9.41. The lowest BCUT2D eigenvalue weighted by molar-refractivity contribution is -0.125. The van der Waals surface area contributed by atoms with Gasteiger partial charge in [0.1, 0.15) is 22.3 Å². The van der Waals surface area contributed by atoms with Crippen molar-refractivity contribution in [1.29, 1.82) is 0 Å². The molecule has 1 aliphatic rings. The summed E-state index contributed by atoms with van der Waals surface area (Å²) in [5, 5.41) is 0. The van der Waals surface area contributed by atoms with Gasteiger partial charge in [-0.3, -0.25) is 9.69 Å². The van der Waals surface area contributed by atoms with E-state index in [2.05, 4.69) is 60.7 Å². The Morgan fingerprint density at radius 3 is 1.69 bits per heavy atom. The van der Waals surface area contributed by atoms with Crippen molar-refractivity contribution in [3.63, 3.8) is 0 Å². The fourth-order valence-corrected chi connectivity index (χ4v) is 5.58. The topological polar surface area (TPSA) is 20.3 Å². The van der Waals surface area contributed by atoms with Crippen molar-refractivity contribution in [2.75, 3.05) is 4.90 Å². The van der Waals surface area contributed by atoms with Gasteiger partial charge in [-0.05, 0) is 36.4 Å². The van der Waals surface area contributed by atoms with E-state index >= 15 is 0 Å². The summed E-state index contributed by atoms with van der Waals surface area (Å²) in [6, 6.07) is 27.2. The SMILES string of the molecule is CC(C)(C)C(=O)N1c2ccccc2[S+](c2ccccc2)c2ccccc21. The van der Waals surface area contributed by atoms with Crippen molar-refractivity contribution >= 4 is 28.2 Å². The highest BCUT2D eigenvalue weighted by Crippen LogP contribution is 2.48. The van der Waals surface area contributed by atoms with Gasteiger partial charge in [0, 0.05) is 5.41 Å². The molecule has 0 bridgehead atoms. The number of nitrogens with zero attached hydrogens (tertiary/aromatic N) is 1. The van der Waals surface area contributed by atoms with Crippen molar-refractivity contribution in [3.05, 3.63) is 78.9 Å². The number of benzene rings is 3. The molecule has 0 fully saturated rings. The highest BCUT2D eigenvalue weighted by Gasteiger charge is 2.44. The zero-order valence-corrected chi connectivity index (χ0v) is 16.1. The zero-order chi connectivity index (χ0) is 18.3. The molecule has 0 atom stereocenters. The maximum atomic E-state index is 13.3. The Labute approximate surface area is 157 Å². The van der Waals surface area contributed by atoms with E-state index in [9.17, 15) is 4.79 Å². The molecular weight excluding hydrogens is 338 g/mol. The average molecular weight is 361 g/mol. The molecule has 1 amide bonds. The Hall–Kier alpha value is -2.52. The van der Waals surface area contributed by atoms with E-state index in [4.69, 9.17) is 0 Å². The van der Waals surface area contributed by atoms with E-state index in [-0.39, 0.29) is 16.8 Å². The van der Waals surface area contributed by atoms with Crippen LogP contribution >= 0.6 is 0 Å². The molecule has 2 nitrogen and oxygen atoms in total. The highest BCUT2D eigenvalue weighted by atomic mass is 32.2. The number of carbonyl (C=O) groups excluding carboxylic acids is 1. The molecule has 0 aromatic heterocycles. The molecular formula is C23H22NOS+. The summed E-state index contributed by atoms with van der Waals surface area (Å²) < 4.78 is 0. The molecule has 1 heterocycles. The van der Waals surface area contributed by atoms with Gasteiger partial charge >= 0.3 is 0 Å². The molecule has 26 heavy (non-hydrogen) atoms. The van der Waals surface area contributed by atoms with E-state index in [0.29, 0.717) is 0 Å². The van der Waals surface area contributed by atoms with Crippen molar-refractivity contribution < 1.29 is 4.79 Å². The number of amides is 1. The summed E-state index contributed by atoms with van der Waals surface area (Å²) >= 11 is 0. The molecule has 0 saturated heterocycles. The Kier molecular flexibility index (Phi) is 4.12. The predicted molar refractivity (Wildman–Crippen MR) is 108 cm³/mol. The third-order valence-electron chi connectivity index (χ3n) is 4.48. The van der Waals surface area contributed by atoms with Crippen LogP contribution in [0.5, 0.6) is 0 Å². The maximum absolute atomic E-state index is 13.3. The number of hydrogen-bond donors (Lipinski definition) is 0.